The van der Waals surface area contributed by atoms with E-state index >= 15 is 0 Å². The van der Waals surface area contributed by atoms with Crippen LogP contribution in [0.5, 0.6) is 0 Å². The second-order valence-corrected chi connectivity index (χ2v) is 9.57. The fourth-order valence-corrected chi connectivity index (χ4v) is 2.48. The molecule has 0 bridgehead atoms. The van der Waals surface area contributed by atoms with Crippen LogP contribution in [0.4, 0.5) is 0 Å². The minimum absolute atomic E-state index is 0.0434. The molecule has 67 valence electrons. The quantitative estimate of drug-likeness (QED) is 0.594. The van der Waals surface area contributed by atoms with Gasteiger partial charge in [0.1, 0.15) is 0 Å². The Balaban J connectivity index is 4.33. The van der Waals surface area contributed by atoms with Crippen LogP contribution in [0.15, 0.2) is 0 Å². The topological polar surface area (TPSA) is 9.23 Å². The lowest BCUT2D eigenvalue weighted by Crippen LogP contribution is -2.51. The van der Waals surface area contributed by atoms with Gasteiger partial charge in [0.05, 0.1) is 13.3 Å². The summed E-state index contributed by atoms with van der Waals surface area (Å²) in [5, 5.41) is 0.0434. The Hall–Kier alpha value is 0.177. The van der Waals surface area contributed by atoms with E-state index < -0.39 is 8.07 Å². The predicted octanol–water partition coefficient (Wildman–Crippen LogP) is 2.88. The Morgan fingerprint density at radius 1 is 1.36 bits per heavy atom. The van der Waals surface area contributed by atoms with Gasteiger partial charge in [0.25, 0.3) is 0 Å². The molecule has 1 radical (unpaired) electrons. The van der Waals surface area contributed by atoms with E-state index in [1.807, 2.05) is 0 Å². The maximum atomic E-state index is 5.75. The Morgan fingerprint density at radius 3 is 1.91 bits per heavy atom. The molecule has 0 heterocycles. The van der Waals surface area contributed by atoms with Gasteiger partial charge in [0, 0.05) is 6.61 Å². The van der Waals surface area contributed by atoms with E-state index in [0.717, 1.165) is 6.61 Å². The maximum Gasteiger partial charge on any atom is 0.0824 e. The monoisotopic (exact) mass is 173 g/mol. The molecule has 0 aliphatic heterocycles. The lowest BCUT2D eigenvalue weighted by atomic mass is 10.3. The number of hydrogen-bond donors (Lipinski definition) is 0. The van der Waals surface area contributed by atoms with Crippen molar-refractivity contribution in [3.63, 3.8) is 0 Å². The summed E-state index contributed by atoms with van der Waals surface area (Å²) in [5.41, 5.74) is 0. The average Bonchev–Trinajstić information content (AvgIpc) is 1.86. The predicted molar refractivity (Wildman–Crippen MR) is 53.4 cm³/mol. The van der Waals surface area contributed by atoms with Crippen LogP contribution in [0.3, 0.4) is 0 Å². The smallest absolute Gasteiger partial charge is 0.0824 e. The van der Waals surface area contributed by atoms with E-state index in [-0.39, 0.29) is 5.22 Å². The van der Waals surface area contributed by atoms with Crippen LogP contribution >= 0.6 is 0 Å². The van der Waals surface area contributed by atoms with Crippen molar-refractivity contribution in [2.24, 2.45) is 0 Å². The highest BCUT2D eigenvalue weighted by Gasteiger charge is 2.38. The highest BCUT2D eigenvalue weighted by molar-refractivity contribution is 6.79. The molecule has 0 aliphatic rings. The molecule has 11 heavy (non-hydrogen) atoms. The molecule has 0 fully saturated rings. The van der Waals surface area contributed by atoms with Crippen molar-refractivity contribution >= 4 is 8.07 Å². The van der Waals surface area contributed by atoms with Gasteiger partial charge in [-0.3, -0.25) is 0 Å². The molecule has 0 aliphatic carbocycles. The molecule has 1 unspecified atom stereocenters. The zero-order valence-corrected chi connectivity index (χ0v) is 9.69. The molecular formula is C9H21OSi. The number of rotatable bonds is 4. The first kappa shape index (κ1) is 11.2. The van der Waals surface area contributed by atoms with Crippen LogP contribution in [0, 0.1) is 6.42 Å². The van der Waals surface area contributed by atoms with Crippen molar-refractivity contribution in [3.8, 4) is 0 Å². The zero-order chi connectivity index (χ0) is 9.12. The van der Waals surface area contributed by atoms with Gasteiger partial charge in [-0.15, -0.1) is 0 Å². The van der Waals surface area contributed by atoms with E-state index in [1.54, 1.807) is 0 Å². The Bertz CT molecular complexity index is 117. The highest BCUT2D eigenvalue weighted by atomic mass is 28.3. The molecule has 0 saturated heterocycles. The molecule has 2 heteroatoms. The Kier molecular flexibility index (Phi) is 3.78. The van der Waals surface area contributed by atoms with E-state index in [1.165, 1.54) is 0 Å². The average molecular weight is 173 g/mol. The third-order valence-electron chi connectivity index (χ3n) is 2.48. The lowest BCUT2D eigenvalue weighted by molar-refractivity contribution is 0.0565. The van der Waals surface area contributed by atoms with Gasteiger partial charge in [-0.05, 0) is 20.3 Å². The second kappa shape index (κ2) is 3.72. The molecule has 1 atom stereocenters. The number of hydrogen-bond acceptors (Lipinski definition) is 1. The molecular weight excluding hydrogens is 152 g/mol. The van der Waals surface area contributed by atoms with E-state index in [4.69, 9.17) is 4.74 Å². The fraction of sp³-hybridized carbons (Fsp3) is 0.889. The maximum absolute atomic E-state index is 5.75. The van der Waals surface area contributed by atoms with Crippen molar-refractivity contribution in [3.05, 3.63) is 6.42 Å². The molecule has 0 aromatic carbocycles. The SMILES string of the molecule is C[CH]C(C)(OCC)[Si](C)(C)C. The molecule has 0 aromatic rings. The van der Waals surface area contributed by atoms with Crippen LogP contribution < -0.4 is 0 Å². The van der Waals surface area contributed by atoms with Crippen LogP contribution in [0.1, 0.15) is 20.8 Å². The summed E-state index contributed by atoms with van der Waals surface area (Å²) in [4.78, 5) is 0. The summed E-state index contributed by atoms with van der Waals surface area (Å²) in [6.45, 7) is 14.2. The minimum Gasteiger partial charge on any atom is -0.379 e. The number of ether oxygens (including phenoxy) is 1. The Morgan fingerprint density at radius 2 is 1.82 bits per heavy atom. The van der Waals surface area contributed by atoms with Gasteiger partial charge < -0.3 is 4.74 Å². The summed E-state index contributed by atoms with van der Waals surface area (Å²) in [6.07, 6.45) is 2.20. The van der Waals surface area contributed by atoms with Gasteiger partial charge in [-0.1, -0.05) is 26.6 Å². The first-order valence-electron chi connectivity index (χ1n) is 4.32. The summed E-state index contributed by atoms with van der Waals surface area (Å²) in [6, 6.07) is 0. The molecule has 0 aromatic heterocycles. The van der Waals surface area contributed by atoms with Gasteiger partial charge >= 0.3 is 0 Å². The first-order valence-corrected chi connectivity index (χ1v) is 7.82. The van der Waals surface area contributed by atoms with Gasteiger partial charge in [-0.25, -0.2) is 0 Å². The Labute approximate surface area is 72.2 Å². The molecule has 1 nitrogen and oxygen atoms in total. The highest BCUT2D eigenvalue weighted by Crippen LogP contribution is 2.26. The van der Waals surface area contributed by atoms with Gasteiger partial charge in [0.2, 0.25) is 0 Å². The van der Waals surface area contributed by atoms with Crippen molar-refractivity contribution in [2.75, 3.05) is 6.61 Å². The molecule has 0 rings (SSSR count). The van der Waals surface area contributed by atoms with E-state index in [2.05, 4.69) is 46.8 Å². The zero-order valence-electron chi connectivity index (χ0n) is 8.69. The summed E-state index contributed by atoms with van der Waals surface area (Å²) < 4.78 is 5.75. The lowest BCUT2D eigenvalue weighted by Gasteiger charge is -2.39. The van der Waals surface area contributed by atoms with Gasteiger partial charge in [0.15, 0.2) is 0 Å². The minimum atomic E-state index is -1.21. The van der Waals surface area contributed by atoms with Crippen molar-refractivity contribution in [1.29, 1.82) is 0 Å². The standard InChI is InChI=1S/C9H21OSi/c1-7-9(3,10-8-2)11(4,5)6/h7H,8H2,1-6H3. The largest absolute Gasteiger partial charge is 0.379 e. The molecule has 0 amide bonds. The summed E-state index contributed by atoms with van der Waals surface area (Å²) in [7, 11) is -1.21. The summed E-state index contributed by atoms with van der Waals surface area (Å²) in [5.74, 6) is 0. The van der Waals surface area contributed by atoms with E-state index in [9.17, 15) is 0 Å². The van der Waals surface area contributed by atoms with Gasteiger partial charge in [-0.2, -0.15) is 0 Å². The van der Waals surface area contributed by atoms with E-state index in [0.29, 0.717) is 0 Å². The normalized spacial score (nSPS) is 18.0. The molecule has 0 spiro atoms. The molecule has 0 saturated carbocycles. The second-order valence-electron chi connectivity index (χ2n) is 4.08. The summed E-state index contributed by atoms with van der Waals surface area (Å²) >= 11 is 0. The van der Waals surface area contributed by atoms with Crippen LogP contribution in [-0.2, 0) is 4.74 Å². The molecule has 0 N–H and O–H groups in total. The first-order chi connectivity index (χ1) is 4.87. The third kappa shape index (κ3) is 2.60. The third-order valence-corrected chi connectivity index (χ3v) is 5.90. The van der Waals surface area contributed by atoms with Crippen molar-refractivity contribution in [2.45, 2.75) is 45.6 Å². The van der Waals surface area contributed by atoms with Crippen LogP contribution in [0.2, 0.25) is 19.6 Å². The van der Waals surface area contributed by atoms with Crippen molar-refractivity contribution < 1.29 is 4.74 Å². The van der Waals surface area contributed by atoms with Crippen LogP contribution in [0.25, 0.3) is 0 Å². The van der Waals surface area contributed by atoms with Crippen molar-refractivity contribution in [1.82, 2.24) is 0 Å². The fourth-order valence-electron chi connectivity index (χ4n) is 1.03. The van der Waals surface area contributed by atoms with Crippen LogP contribution in [-0.4, -0.2) is 19.9 Å².